The van der Waals surface area contributed by atoms with E-state index in [1.165, 1.54) is 6.26 Å². The quantitative estimate of drug-likeness (QED) is 0.779. The SMILES string of the molecule is Cc1cnc(C)c(NCCCS(C)(=O)=O)n1. The Kier molecular flexibility index (Phi) is 4.23. The van der Waals surface area contributed by atoms with Crippen LogP contribution in [0.2, 0.25) is 0 Å². The van der Waals surface area contributed by atoms with E-state index < -0.39 is 9.84 Å². The van der Waals surface area contributed by atoms with Gasteiger partial charge >= 0.3 is 0 Å². The number of nitrogens with one attached hydrogen (secondary N) is 1. The first-order valence-electron chi connectivity index (χ1n) is 5.10. The van der Waals surface area contributed by atoms with E-state index >= 15 is 0 Å². The van der Waals surface area contributed by atoms with Crippen molar-refractivity contribution in [2.75, 3.05) is 23.9 Å². The van der Waals surface area contributed by atoms with Crippen LogP contribution in [0.25, 0.3) is 0 Å². The molecule has 1 heterocycles. The van der Waals surface area contributed by atoms with Gasteiger partial charge in [-0.05, 0) is 20.3 Å². The molecule has 90 valence electrons. The Hall–Kier alpha value is -1.17. The molecule has 0 radical (unpaired) electrons. The topological polar surface area (TPSA) is 72.0 Å². The fourth-order valence-corrected chi connectivity index (χ4v) is 1.91. The van der Waals surface area contributed by atoms with Gasteiger partial charge in [-0.25, -0.2) is 13.4 Å². The van der Waals surface area contributed by atoms with E-state index in [0.717, 1.165) is 17.2 Å². The zero-order valence-corrected chi connectivity index (χ0v) is 10.6. The lowest BCUT2D eigenvalue weighted by molar-refractivity contribution is 0.600. The maximum atomic E-state index is 10.9. The van der Waals surface area contributed by atoms with Crippen LogP contribution in [0.4, 0.5) is 5.82 Å². The van der Waals surface area contributed by atoms with Gasteiger partial charge in [-0.15, -0.1) is 0 Å². The first-order valence-corrected chi connectivity index (χ1v) is 7.16. The Morgan fingerprint density at radius 2 is 2.06 bits per heavy atom. The molecule has 5 nitrogen and oxygen atoms in total. The molecule has 1 N–H and O–H groups in total. The van der Waals surface area contributed by atoms with Crippen LogP contribution in [0.5, 0.6) is 0 Å². The summed E-state index contributed by atoms with van der Waals surface area (Å²) in [6.07, 6.45) is 3.52. The van der Waals surface area contributed by atoms with Crippen LogP contribution in [0.15, 0.2) is 6.20 Å². The summed E-state index contributed by atoms with van der Waals surface area (Å²) in [4.78, 5) is 8.45. The van der Waals surface area contributed by atoms with E-state index in [2.05, 4.69) is 15.3 Å². The summed E-state index contributed by atoms with van der Waals surface area (Å²) in [5.74, 6) is 0.923. The molecule has 0 aromatic carbocycles. The van der Waals surface area contributed by atoms with Crippen molar-refractivity contribution in [3.8, 4) is 0 Å². The van der Waals surface area contributed by atoms with Crippen molar-refractivity contribution < 1.29 is 8.42 Å². The minimum atomic E-state index is -2.87. The first-order chi connectivity index (χ1) is 7.38. The van der Waals surface area contributed by atoms with Gasteiger partial charge in [0.15, 0.2) is 0 Å². The molecule has 0 fully saturated rings. The van der Waals surface area contributed by atoms with Crippen LogP contribution in [0, 0.1) is 13.8 Å². The van der Waals surface area contributed by atoms with Gasteiger partial charge in [-0.1, -0.05) is 0 Å². The van der Waals surface area contributed by atoms with Crippen molar-refractivity contribution >= 4 is 15.7 Å². The number of hydrogen-bond acceptors (Lipinski definition) is 5. The average Bonchev–Trinajstić information content (AvgIpc) is 2.16. The number of rotatable bonds is 5. The molecule has 16 heavy (non-hydrogen) atoms. The molecule has 0 aliphatic carbocycles. The van der Waals surface area contributed by atoms with Gasteiger partial charge in [0.1, 0.15) is 15.7 Å². The largest absolute Gasteiger partial charge is 0.369 e. The number of aromatic nitrogens is 2. The summed E-state index contributed by atoms with van der Waals surface area (Å²) in [5, 5.41) is 3.09. The predicted molar refractivity (Wildman–Crippen MR) is 64.3 cm³/mol. The molecule has 0 amide bonds. The molecule has 0 unspecified atom stereocenters. The normalized spacial score (nSPS) is 11.4. The second-order valence-electron chi connectivity index (χ2n) is 3.86. The third-order valence-corrected chi connectivity index (χ3v) is 3.09. The Balaban J connectivity index is 2.46. The smallest absolute Gasteiger partial charge is 0.147 e. The highest BCUT2D eigenvalue weighted by Gasteiger charge is 2.03. The van der Waals surface area contributed by atoms with Crippen molar-refractivity contribution in [1.29, 1.82) is 0 Å². The third-order valence-electron chi connectivity index (χ3n) is 2.06. The van der Waals surface area contributed by atoms with E-state index in [0.29, 0.717) is 13.0 Å². The van der Waals surface area contributed by atoms with E-state index in [-0.39, 0.29) is 5.75 Å². The van der Waals surface area contributed by atoms with Crippen LogP contribution in [-0.4, -0.2) is 36.9 Å². The molecular formula is C10H17N3O2S. The Labute approximate surface area is 96.2 Å². The van der Waals surface area contributed by atoms with Gasteiger partial charge in [0, 0.05) is 19.0 Å². The van der Waals surface area contributed by atoms with Crippen molar-refractivity contribution in [1.82, 2.24) is 9.97 Å². The highest BCUT2D eigenvalue weighted by atomic mass is 32.2. The van der Waals surface area contributed by atoms with E-state index in [1.807, 2.05) is 13.8 Å². The lowest BCUT2D eigenvalue weighted by atomic mass is 10.4. The molecule has 1 rings (SSSR count). The summed E-state index contributed by atoms with van der Waals surface area (Å²) in [7, 11) is -2.87. The summed E-state index contributed by atoms with van der Waals surface area (Å²) < 4.78 is 21.8. The van der Waals surface area contributed by atoms with E-state index in [9.17, 15) is 8.42 Å². The maximum Gasteiger partial charge on any atom is 0.147 e. The van der Waals surface area contributed by atoms with E-state index in [4.69, 9.17) is 0 Å². The zero-order valence-electron chi connectivity index (χ0n) is 9.82. The minimum absolute atomic E-state index is 0.193. The highest BCUT2D eigenvalue weighted by molar-refractivity contribution is 7.90. The number of nitrogens with zero attached hydrogens (tertiary/aromatic N) is 2. The molecular weight excluding hydrogens is 226 g/mol. The monoisotopic (exact) mass is 243 g/mol. The van der Waals surface area contributed by atoms with Gasteiger partial charge in [0.05, 0.1) is 17.1 Å². The van der Waals surface area contributed by atoms with Crippen LogP contribution < -0.4 is 5.32 Å². The number of aryl methyl sites for hydroxylation is 2. The fraction of sp³-hybridized carbons (Fsp3) is 0.600. The molecule has 0 aliphatic rings. The van der Waals surface area contributed by atoms with Crippen LogP contribution >= 0.6 is 0 Å². The second-order valence-corrected chi connectivity index (χ2v) is 6.12. The summed E-state index contributed by atoms with van der Waals surface area (Å²) >= 11 is 0. The predicted octanol–water partition coefficient (Wildman–Crippen LogP) is 0.940. The molecule has 0 bridgehead atoms. The fourth-order valence-electron chi connectivity index (χ4n) is 1.25. The van der Waals surface area contributed by atoms with Crippen molar-refractivity contribution in [2.45, 2.75) is 20.3 Å². The number of hydrogen-bond donors (Lipinski definition) is 1. The molecule has 0 atom stereocenters. The van der Waals surface area contributed by atoms with Crippen LogP contribution in [0.3, 0.4) is 0 Å². The molecule has 0 spiro atoms. The Bertz CT molecular complexity index is 457. The molecule has 0 aliphatic heterocycles. The number of sulfone groups is 1. The van der Waals surface area contributed by atoms with Crippen LogP contribution in [0.1, 0.15) is 17.8 Å². The highest BCUT2D eigenvalue weighted by Crippen LogP contribution is 2.08. The molecule has 6 heteroatoms. The Morgan fingerprint density at radius 3 is 2.69 bits per heavy atom. The summed E-state index contributed by atoms with van der Waals surface area (Å²) in [6.45, 7) is 4.32. The first kappa shape index (κ1) is 12.9. The Morgan fingerprint density at radius 1 is 1.38 bits per heavy atom. The van der Waals surface area contributed by atoms with Crippen molar-refractivity contribution in [3.63, 3.8) is 0 Å². The molecule has 0 saturated carbocycles. The van der Waals surface area contributed by atoms with Crippen molar-refractivity contribution in [3.05, 3.63) is 17.6 Å². The summed E-state index contributed by atoms with van der Waals surface area (Å²) in [6, 6.07) is 0. The third kappa shape index (κ3) is 4.57. The van der Waals surface area contributed by atoms with Gasteiger partial charge in [0.25, 0.3) is 0 Å². The lowest BCUT2D eigenvalue weighted by Gasteiger charge is -2.07. The molecule has 1 aromatic rings. The van der Waals surface area contributed by atoms with E-state index in [1.54, 1.807) is 6.20 Å². The van der Waals surface area contributed by atoms with Gasteiger partial charge in [-0.2, -0.15) is 0 Å². The van der Waals surface area contributed by atoms with Gasteiger partial charge in [0.2, 0.25) is 0 Å². The molecule has 0 saturated heterocycles. The molecule has 1 aromatic heterocycles. The average molecular weight is 243 g/mol. The number of anilines is 1. The van der Waals surface area contributed by atoms with Crippen molar-refractivity contribution in [2.24, 2.45) is 0 Å². The zero-order chi connectivity index (χ0) is 12.2. The standard InChI is InChI=1S/C10H17N3O2S/c1-8-7-12-9(2)10(13-8)11-5-4-6-16(3,14)15/h7H,4-6H2,1-3H3,(H,11,13). The summed E-state index contributed by atoms with van der Waals surface area (Å²) in [5.41, 5.74) is 1.67. The van der Waals surface area contributed by atoms with Gasteiger partial charge in [-0.3, -0.25) is 4.98 Å². The van der Waals surface area contributed by atoms with Gasteiger partial charge < -0.3 is 5.32 Å². The maximum absolute atomic E-state index is 10.9. The lowest BCUT2D eigenvalue weighted by Crippen LogP contribution is -2.11. The second kappa shape index (κ2) is 5.25. The van der Waals surface area contributed by atoms with Crippen LogP contribution in [-0.2, 0) is 9.84 Å². The minimum Gasteiger partial charge on any atom is -0.369 e.